The second-order valence-electron chi connectivity index (χ2n) is 6.14. The van der Waals surface area contributed by atoms with Crippen molar-refractivity contribution >= 4 is 5.52 Å². The van der Waals surface area contributed by atoms with Gasteiger partial charge in [-0.2, -0.15) is 0 Å². The van der Waals surface area contributed by atoms with Gasteiger partial charge in [-0.1, -0.05) is 42.5 Å². The number of nitrogens with one attached hydrogen (secondary N) is 1. The van der Waals surface area contributed by atoms with Crippen LogP contribution in [0.1, 0.15) is 16.7 Å². The Morgan fingerprint density at radius 1 is 1.00 bits per heavy atom. The highest BCUT2D eigenvalue weighted by atomic mass is 19.1. The number of rotatable bonds is 3. The average molecular weight is 332 g/mol. The highest BCUT2D eigenvalue weighted by Crippen LogP contribution is 2.30. The van der Waals surface area contributed by atoms with Gasteiger partial charge in [-0.25, -0.2) is 4.39 Å². The molecule has 0 saturated carbocycles. The SMILES string of the molecule is Cc1c(F)cccc1Cc1cn2[nH]ccc(=O)c2c1-c1ccccc1. The van der Waals surface area contributed by atoms with Crippen LogP contribution in [0.5, 0.6) is 0 Å². The Bertz CT molecular complexity index is 1110. The van der Waals surface area contributed by atoms with E-state index in [1.54, 1.807) is 23.7 Å². The van der Waals surface area contributed by atoms with E-state index in [4.69, 9.17) is 0 Å². The monoisotopic (exact) mass is 332 g/mol. The molecule has 0 amide bonds. The first-order valence-corrected chi connectivity index (χ1v) is 8.16. The fraction of sp³-hybridized carbons (Fsp3) is 0.0952. The minimum absolute atomic E-state index is 0.0418. The molecule has 0 bridgehead atoms. The van der Waals surface area contributed by atoms with Gasteiger partial charge in [0.15, 0.2) is 0 Å². The maximum atomic E-state index is 13.9. The van der Waals surface area contributed by atoms with Gasteiger partial charge in [-0.05, 0) is 35.2 Å². The molecule has 0 saturated heterocycles. The van der Waals surface area contributed by atoms with E-state index in [1.807, 2.05) is 42.6 Å². The summed E-state index contributed by atoms with van der Waals surface area (Å²) in [4.78, 5) is 12.5. The Morgan fingerprint density at radius 3 is 2.60 bits per heavy atom. The molecule has 2 aromatic heterocycles. The third-order valence-corrected chi connectivity index (χ3v) is 4.59. The Kier molecular flexibility index (Phi) is 3.73. The minimum Gasteiger partial charge on any atom is -0.301 e. The fourth-order valence-corrected chi connectivity index (χ4v) is 3.28. The van der Waals surface area contributed by atoms with E-state index < -0.39 is 0 Å². The number of hydrogen-bond acceptors (Lipinski definition) is 1. The average Bonchev–Trinajstić information content (AvgIpc) is 2.99. The van der Waals surface area contributed by atoms with Crippen LogP contribution in [0.4, 0.5) is 4.39 Å². The highest BCUT2D eigenvalue weighted by Gasteiger charge is 2.16. The van der Waals surface area contributed by atoms with Crippen LogP contribution in [-0.4, -0.2) is 9.61 Å². The summed E-state index contributed by atoms with van der Waals surface area (Å²) in [6.07, 6.45) is 4.10. The Labute approximate surface area is 144 Å². The maximum Gasteiger partial charge on any atom is 0.206 e. The molecule has 4 heteroatoms. The van der Waals surface area contributed by atoms with Crippen LogP contribution < -0.4 is 5.43 Å². The lowest BCUT2D eigenvalue weighted by Crippen LogP contribution is -2.05. The normalized spacial score (nSPS) is 11.1. The van der Waals surface area contributed by atoms with Crippen molar-refractivity contribution < 1.29 is 4.39 Å². The van der Waals surface area contributed by atoms with Gasteiger partial charge in [0.25, 0.3) is 0 Å². The summed E-state index contributed by atoms with van der Waals surface area (Å²) in [6.45, 7) is 1.79. The van der Waals surface area contributed by atoms with Gasteiger partial charge in [0.05, 0.1) is 0 Å². The van der Waals surface area contributed by atoms with Crippen molar-refractivity contribution in [3.63, 3.8) is 0 Å². The van der Waals surface area contributed by atoms with Crippen molar-refractivity contribution in [2.24, 2.45) is 0 Å². The maximum absolute atomic E-state index is 13.9. The summed E-state index contributed by atoms with van der Waals surface area (Å²) >= 11 is 0. The second-order valence-corrected chi connectivity index (χ2v) is 6.14. The number of halogens is 1. The van der Waals surface area contributed by atoms with Gasteiger partial charge in [-0.3, -0.25) is 9.31 Å². The van der Waals surface area contributed by atoms with Gasteiger partial charge >= 0.3 is 0 Å². The largest absolute Gasteiger partial charge is 0.301 e. The van der Waals surface area contributed by atoms with Crippen LogP contribution in [0.3, 0.4) is 0 Å². The predicted octanol–water partition coefficient (Wildman–Crippen LogP) is 4.33. The lowest BCUT2D eigenvalue weighted by atomic mass is 9.95. The third kappa shape index (κ3) is 2.66. The molecule has 2 aromatic carbocycles. The smallest absolute Gasteiger partial charge is 0.206 e. The van der Waals surface area contributed by atoms with Gasteiger partial charge in [0.1, 0.15) is 11.3 Å². The van der Waals surface area contributed by atoms with E-state index >= 15 is 0 Å². The van der Waals surface area contributed by atoms with Crippen LogP contribution in [0, 0.1) is 12.7 Å². The van der Waals surface area contributed by atoms with Crippen LogP contribution in [0.2, 0.25) is 0 Å². The van der Waals surface area contributed by atoms with Gasteiger partial charge < -0.3 is 5.10 Å². The quantitative estimate of drug-likeness (QED) is 0.595. The summed E-state index contributed by atoms with van der Waals surface area (Å²) in [5, 5.41) is 3.08. The molecule has 0 unspecified atom stereocenters. The van der Waals surface area contributed by atoms with Crippen LogP contribution >= 0.6 is 0 Å². The van der Waals surface area contributed by atoms with E-state index in [2.05, 4.69) is 5.10 Å². The second kappa shape index (κ2) is 6.06. The lowest BCUT2D eigenvalue weighted by Gasteiger charge is -2.08. The van der Waals surface area contributed by atoms with E-state index in [1.165, 1.54) is 12.1 Å². The highest BCUT2D eigenvalue weighted by molar-refractivity contribution is 5.84. The lowest BCUT2D eigenvalue weighted by molar-refractivity contribution is 0.616. The topological polar surface area (TPSA) is 37.3 Å². The molecule has 1 N–H and O–H groups in total. The fourth-order valence-electron chi connectivity index (χ4n) is 3.28. The van der Waals surface area contributed by atoms with E-state index in [0.29, 0.717) is 17.5 Å². The molecule has 0 aliphatic heterocycles. The van der Waals surface area contributed by atoms with Crippen molar-refractivity contribution in [1.82, 2.24) is 9.61 Å². The molecule has 2 heterocycles. The van der Waals surface area contributed by atoms with Crippen molar-refractivity contribution in [3.8, 4) is 11.1 Å². The molecule has 4 aromatic rings. The zero-order chi connectivity index (χ0) is 17.4. The zero-order valence-electron chi connectivity index (χ0n) is 13.8. The van der Waals surface area contributed by atoms with Crippen molar-refractivity contribution in [3.05, 3.63) is 99.7 Å². The number of H-pyrrole nitrogens is 1. The number of fused-ring (bicyclic) bond motifs is 1. The molecule has 0 atom stereocenters. The van der Waals surface area contributed by atoms with Gasteiger partial charge in [0.2, 0.25) is 5.43 Å². The van der Waals surface area contributed by atoms with Crippen molar-refractivity contribution in [2.75, 3.05) is 0 Å². The molecule has 25 heavy (non-hydrogen) atoms. The Morgan fingerprint density at radius 2 is 1.80 bits per heavy atom. The molecular weight excluding hydrogens is 315 g/mol. The standard InChI is InChI=1S/C21H17FN2O/c1-14-16(8-5-9-18(14)22)12-17-13-24-21(19(25)10-11-23-24)20(17)15-6-3-2-4-7-15/h2-11,13,23H,12H2,1H3. The van der Waals surface area contributed by atoms with E-state index in [-0.39, 0.29) is 11.2 Å². The van der Waals surface area contributed by atoms with Crippen molar-refractivity contribution in [1.29, 1.82) is 0 Å². The molecular formula is C21H17FN2O. The van der Waals surface area contributed by atoms with Crippen LogP contribution in [-0.2, 0) is 6.42 Å². The summed E-state index contributed by atoms with van der Waals surface area (Å²) < 4.78 is 15.7. The van der Waals surface area contributed by atoms with Crippen LogP contribution in [0.25, 0.3) is 16.6 Å². The zero-order valence-corrected chi connectivity index (χ0v) is 13.8. The van der Waals surface area contributed by atoms with Gasteiger partial charge in [-0.15, -0.1) is 0 Å². The first-order valence-electron chi connectivity index (χ1n) is 8.16. The molecule has 0 aliphatic carbocycles. The molecule has 124 valence electrons. The minimum atomic E-state index is -0.210. The molecule has 0 fully saturated rings. The van der Waals surface area contributed by atoms with E-state index in [9.17, 15) is 9.18 Å². The van der Waals surface area contributed by atoms with Crippen LogP contribution in [0.15, 0.2) is 71.8 Å². The predicted molar refractivity (Wildman–Crippen MR) is 97.4 cm³/mol. The first-order chi connectivity index (χ1) is 12.1. The number of aromatic amines is 1. The molecule has 0 aliphatic rings. The number of aromatic nitrogens is 2. The number of benzene rings is 2. The summed E-state index contributed by atoms with van der Waals surface area (Å²) in [7, 11) is 0. The Balaban J connectivity index is 1.96. The van der Waals surface area contributed by atoms with E-state index in [0.717, 1.165) is 22.3 Å². The molecule has 4 rings (SSSR count). The Hall–Kier alpha value is -3.14. The first kappa shape index (κ1) is 15.4. The molecule has 0 radical (unpaired) electrons. The summed E-state index contributed by atoms with van der Waals surface area (Å²) in [5.41, 5.74) is 4.98. The third-order valence-electron chi connectivity index (χ3n) is 4.59. The summed E-state index contributed by atoms with van der Waals surface area (Å²) in [5.74, 6) is -0.210. The van der Waals surface area contributed by atoms with Crippen molar-refractivity contribution in [2.45, 2.75) is 13.3 Å². The summed E-state index contributed by atoms with van der Waals surface area (Å²) in [6, 6.07) is 16.5. The molecule has 0 spiro atoms. The number of hydrogen-bond donors (Lipinski definition) is 1. The number of nitrogens with zero attached hydrogens (tertiary/aromatic N) is 1. The van der Waals surface area contributed by atoms with Gasteiger partial charge in [0, 0.05) is 30.4 Å². The molecule has 3 nitrogen and oxygen atoms in total.